The topological polar surface area (TPSA) is 73.8 Å². The van der Waals surface area contributed by atoms with Crippen molar-refractivity contribution < 1.29 is 14.4 Å². The molecular weight excluding hydrogens is 340 g/mol. The number of hydrogen-bond acceptors (Lipinski definition) is 6. The SMILES string of the molecule is CC(C)N1C(=O)C(=O)N(CN(C)[C@H](C)c2nc3ccccc3s2)C1=O. The van der Waals surface area contributed by atoms with E-state index in [0.29, 0.717) is 0 Å². The van der Waals surface area contributed by atoms with Crippen molar-refractivity contribution in [1.82, 2.24) is 19.7 Å². The molecule has 0 radical (unpaired) electrons. The molecule has 8 heteroatoms. The zero-order valence-electron chi connectivity index (χ0n) is 14.6. The molecule has 0 bridgehead atoms. The van der Waals surface area contributed by atoms with E-state index in [-0.39, 0.29) is 18.8 Å². The first-order chi connectivity index (χ1) is 11.8. The number of fused-ring (bicyclic) bond motifs is 1. The molecule has 0 aliphatic carbocycles. The summed E-state index contributed by atoms with van der Waals surface area (Å²) >= 11 is 1.58. The molecular formula is C17H20N4O3S. The molecule has 0 unspecified atom stereocenters. The van der Waals surface area contributed by atoms with E-state index in [1.807, 2.05) is 36.1 Å². The van der Waals surface area contributed by atoms with E-state index in [2.05, 4.69) is 4.98 Å². The Morgan fingerprint density at radius 2 is 1.80 bits per heavy atom. The second-order valence-corrected chi connectivity index (χ2v) is 7.44. The fourth-order valence-electron chi connectivity index (χ4n) is 2.71. The Hall–Kier alpha value is -2.32. The summed E-state index contributed by atoms with van der Waals surface area (Å²) in [4.78, 5) is 44.9. The van der Waals surface area contributed by atoms with Crippen LogP contribution in [-0.2, 0) is 9.59 Å². The zero-order chi connectivity index (χ0) is 18.3. The number of carbonyl (C=O) groups excluding carboxylic acids is 3. The maximum absolute atomic E-state index is 12.4. The zero-order valence-corrected chi connectivity index (χ0v) is 15.4. The Labute approximate surface area is 149 Å². The molecule has 1 aromatic heterocycles. The first kappa shape index (κ1) is 17.5. The van der Waals surface area contributed by atoms with Gasteiger partial charge < -0.3 is 0 Å². The van der Waals surface area contributed by atoms with Crippen LogP contribution in [0, 0.1) is 0 Å². The van der Waals surface area contributed by atoms with Crippen molar-refractivity contribution in [2.24, 2.45) is 0 Å². The summed E-state index contributed by atoms with van der Waals surface area (Å²) in [6.07, 6.45) is 0. The number of amides is 4. The number of rotatable bonds is 5. The van der Waals surface area contributed by atoms with Crippen LogP contribution >= 0.6 is 11.3 Å². The van der Waals surface area contributed by atoms with Crippen molar-refractivity contribution in [1.29, 1.82) is 0 Å². The summed E-state index contributed by atoms with van der Waals surface area (Å²) < 4.78 is 1.09. The van der Waals surface area contributed by atoms with Gasteiger partial charge in [-0.25, -0.2) is 14.7 Å². The van der Waals surface area contributed by atoms with Crippen LogP contribution < -0.4 is 0 Å². The number of aromatic nitrogens is 1. The Balaban J connectivity index is 1.77. The monoisotopic (exact) mass is 360 g/mol. The number of imide groups is 2. The van der Waals surface area contributed by atoms with E-state index >= 15 is 0 Å². The second-order valence-electron chi connectivity index (χ2n) is 6.38. The van der Waals surface area contributed by atoms with Crippen LogP contribution in [0.4, 0.5) is 4.79 Å². The molecule has 132 valence electrons. The maximum Gasteiger partial charge on any atom is 0.335 e. The molecule has 0 spiro atoms. The summed E-state index contributed by atoms with van der Waals surface area (Å²) in [5, 5.41) is 0.898. The van der Waals surface area contributed by atoms with Gasteiger partial charge in [-0.1, -0.05) is 12.1 Å². The van der Waals surface area contributed by atoms with Crippen LogP contribution in [0.2, 0.25) is 0 Å². The van der Waals surface area contributed by atoms with E-state index in [0.717, 1.165) is 25.0 Å². The molecule has 25 heavy (non-hydrogen) atoms. The number of nitrogens with zero attached hydrogens (tertiary/aromatic N) is 4. The first-order valence-corrected chi connectivity index (χ1v) is 8.87. The highest BCUT2D eigenvalue weighted by atomic mass is 32.1. The van der Waals surface area contributed by atoms with Crippen molar-refractivity contribution in [2.75, 3.05) is 13.7 Å². The summed E-state index contributed by atoms with van der Waals surface area (Å²) in [5.41, 5.74) is 0.928. The first-order valence-electron chi connectivity index (χ1n) is 8.06. The smallest absolute Gasteiger partial charge is 0.279 e. The lowest BCUT2D eigenvalue weighted by Gasteiger charge is -2.27. The predicted molar refractivity (Wildman–Crippen MR) is 94.9 cm³/mol. The molecule has 1 fully saturated rings. The molecule has 1 aliphatic rings. The van der Waals surface area contributed by atoms with Crippen LogP contribution in [0.25, 0.3) is 10.2 Å². The summed E-state index contributed by atoms with van der Waals surface area (Å²) in [5.74, 6) is -1.54. The summed E-state index contributed by atoms with van der Waals surface area (Å²) in [7, 11) is 1.81. The molecule has 0 N–H and O–H groups in total. The number of urea groups is 1. The fraction of sp³-hybridized carbons (Fsp3) is 0.412. The van der Waals surface area contributed by atoms with Crippen molar-refractivity contribution in [3.05, 3.63) is 29.3 Å². The van der Waals surface area contributed by atoms with E-state index in [1.54, 1.807) is 32.2 Å². The molecule has 2 aromatic rings. The van der Waals surface area contributed by atoms with Gasteiger partial charge in [0.15, 0.2) is 0 Å². The largest absolute Gasteiger partial charge is 0.335 e. The van der Waals surface area contributed by atoms with Gasteiger partial charge in [-0.15, -0.1) is 11.3 Å². The van der Waals surface area contributed by atoms with Crippen molar-refractivity contribution >= 4 is 39.4 Å². The Morgan fingerprint density at radius 1 is 1.12 bits per heavy atom. The van der Waals surface area contributed by atoms with E-state index in [1.165, 1.54) is 0 Å². The second kappa shape index (κ2) is 6.53. The van der Waals surface area contributed by atoms with Crippen LogP contribution in [0.5, 0.6) is 0 Å². The highest BCUT2D eigenvalue weighted by Gasteiger charge is 2.46. The Morgan fingerprint density at radius 3 is 2.40 bits per heavy atom. The van der Waals surface area contributed by atoms with Gasteiger partial charge in [-0.05, 0) is 40.0 Å². The average Bonchev–Trinajstić information content (AvgIpc) is 3.09. The normalized spacial score (nSPS) is 16.8. The fourth-order valence-corrected chi connectivity index (χ4v) is 3.79. The van der Waals surface area contributed by atoms with Crippen LogP contribution in [0.3, 0.4) is 0 Å². The van der Waals surface area contributed by atoms with Gasteiger partial charge in [0.05, 0.1) is 22.9 Å². The van der Waals surface area contributed by atoms with Crippen molar-refractivity contribution in [3.63, 3.8) is 0 Å². The summed E-state index contributed by atoms with van der Waals surface area (Å²) in [6.45, 7) is 5.43. The molecule has 1 saturated heterocycles. The molecule has 1 aromatic carbocycles. The lowest BCUT2D eigenvalue weighted by Crippen LogP contribution is -2.42. The van der Waals surface area contributed by atoms with E-state index in [4.69, 9.17) is 0 Å². The maximum atomic E-state index is 12.4. The molecule has 1 atom stereocenters. The molecule has 7 nitrogen and oxygen atoms in total. The highest BCUT2D eigenvalue weighted by Crippen LogP contribution is 2.29. The van der Waals surface area contributed by atoms with Gasteiger partial charge >= 0.3 is 17.8 Å². The summed E-state index contributed by atoms with van der Waals surface area (Å²) in [6, 6.07) is 6.86. The van der Waals surface area contributed by atoms with E-state index < -0.39 is 17.8 Å². The van der Waals surface area contributed by atoms with Gasteiger partial charge in [0.2, 0.25) is 0 Å². The number of thiazole rings is 1. The minimum atomic E-state index is -0.776. The lowest BCUT2D eigenvalue weighted by molar-refractivity contribution is -0.144. The minimum Gasteiger partial charge on any atom is -0.279 e. The van der Waals surface area contributed by atoms with E-state index in [9.17, 15) is 14.4 Å². The molecule has 2 heterocycles. The third kappa shape index (κ3) is 3.03. The third-order valence-electron chi connectivity index (χ3n) is 4.29. The molecule has 3 rings (SSSR count). The van der Waals surface area contributed by atoms with Crippen LogP contribution in [0.15, 0.2) is 24.3 Å². The quantitative estimate of drug-likeness (QED) is 0.605. The van der Waals surface area contributed by atoms with Gasteiger partial charge in [0.1, 0.15) is 5.01 Å². The molecule has 1 aliphatic heterocycles. The minimum absolute atomic E-state index is 0.0454. The average molecular weight is 360 g/mol. The number of para-hydroxylation sites is 1. The molecule has 4 amide bonds. The number of benzene rings is 1. The highest BCUT2D eigenvalue weighted by molar-refractivity contribution is 7.18. The Kier molecular flexibility index (Phi) is 4.57. The number of hydrogen-bond donors (Lipinski definition) is 0. The van der Waals surface area contributed by atoms with Gasteiger partial charge in [-0.3, -0.25) is 19.4 Å². The standard InChI is InChI=1S/C17H20N4O3S/c1-10(2)21-16(23)15(22)20(17(21)24)9-19(4)11(3)14-18-12-7-5-6-8-13(12)25-14/h5-8,10-11H,9H2,1-4H3/t11-/m1/s1. The number of carbonyl (C=O) groups is 3. The third-order valence-corrected chi connectivity index (χ3v) is 5.50. The molecule has 0 saturated carbocycles. The van der Waals surface area contributed by atoms with Crippen molar-refractivity contribution in [2.45, 2.75) is 32.9 Å². The Bertz CT molecular complexity index is 814. The van der Waals surface area contributed by atoms with Crippen LogP contribution in [-0.4, -0.2) is 57.3 Å². The van der Waals surface area contributed by atoms with Gasteiger partial charge in [0, 0.05) is 6.04 Å². The predicted octanol–water partition coefficient (Wildman–Crippen LogP) is 2.45. The van der Waals surface area contributed by atoms with Gasteiger partial charge in [0.25, 0.3) is 0 Å². The van der Waals surface area contributed by atoms with Crippen LogP contribution in [0.1, 0.15) is 31.8 Å². The van der Waals surface area contributed by atoms with Crippen molar-refractivity contribution in [3.8, 4) is 0 Å². The van der Waals surface area contributed by atoms with Gasteiger partial charge in [-0.2, -0.15) is 0 Å². The lowest BCUT2D eigenvalue weighted by atomic mass is 10.3.